The predicted octanol–water partition coefficient (Wildman–Crippen LogP) is 0.549. The Bertz CT molecular complexity index is 641. The van der Waals surface area contributed by atoms with Crippen LogP contribution in [0.1, 0.15) is 37.4 Å². The summed E-state index contributed by atoms with van der Waals surface area (Å²) in [5.41, 5.74) is 0. The topological polar surface area (TPSA) is 88.8 Å². The highest BCUT2D eigenvalue weighted by atomic mass is 16.5. The number of carbonyl (C=O) groups is 2. The van der Waals surface area contributed by atoms with Crippen LogP contribution < -0.4 is 0 Å². The highest BCUT2D eigenvalue weighted by molar-refractivity contribution is 5.78. The molecule has 0 N–H and O–H groups in total. The summed E-state index contributed by atoms with van der Waals surface area (Å²) in [4.78, 5) is 32.5. The van der Waals surface area contributed by atoms with Gasteiger partial charge in [0.05, 0.1) is 18.6 Å². The van der Waals surface area contributed by atoms with E-state index in [1.807, 2.05) is 9.80 Å². The number of aryl methyl sites for hydroxylation is 1. The molecule has 3 aliphatic rings. The second kappa shape index (κ2) is 6.74. The lowest BCUT2D eigenvalue weighted by Gasteiger charge is -2.21. The molecule has 0 radical (unpaired) electrons. The summed E-state index contributed by atoms with van der Waals surface area (Å²) in [6.07, 6.45) is 3.73. The van der Waals surface area contributed by atoms with Gasteiger partial charge in [-0.3, -0.25) is 9.59 Å². The number of amides is 2. The number of ether oxygens (including phenoxy) is 1. The Morgan fingerprint density at radius 1 is 1.16 bits per heavy atom. The van der Waals surface area contributed by atoms with Gasteiger partial charge >= 0.3 is 0 Å². The molecule has 4 rings (SSSR count). The molecule has 3 atom stereocenters. The SMILES string of the molecule is Cc1noc(CC(=O)N2C[C@@H]3C[C@@H](CC(=O)N4CCCC4)O[C@@H]3C2)n1. The van der Waals surface area contributed by atoms with Crippen LogP contribution >= 0.6 is 0 Å². The molecule has 8 heteroatoms. The van der Waals surface area contributed by atoms with Crippen LogP contribution in [0, 0.1) is 12.8 Å². The third-order valence-corrected chi connectivity index (χ3v) is 5.40. The molecule has 0 unspecified atom stereocenters. The maximum atomic E-state index is 12.4. The largest absolute Gasteiger partial charge is 0.372 e. The van der Waals surface area contributed by atoms with Crippen molar-refractivity contribution >= 4 is 11.8 Å². The molecular weight excluding hydrogens is 324 g/mol. The first-order chi connectivity index (χ1) is 12.1. The van der Waals surface area contributed by atoms with Crippen LogP contribution in [0.2, 0.25) is 0 Å². The van der Waals surface area contributed by atoms with E-state index < -0.39 is 0 Å². The van der Waals surface area contributed by atoms with Crippen molar-refractivity contribution < 1.29 is 18.8 Å². The first-order valence-corrected chi connectivity index (χ1v) is 9.08. The average molecular weight is 348 g/mol. The summed E-state index contributed by atoms with van der Waals surface area (Å²) in [5, 5.41) is 3.71. The number of likely N-dealkylation sites (tertiary alicyclic amines) is 2. The summed E-state index contributed by atoms with van der Waals surface area (Å²) < 4.78 is 11.1. The summed E-state index contributed by atoms with van der Waals surface area (Å²) in [5.74, 6) is 1.42. The van der Waals surface area contributed by atoms with E-state index in [0.29, 0.717) is 37.1 Å². The van der Waals surface area contributed by atoms with E-state index in [-0.39, 0.29) is 30.4 Å². The number of hydrogen-bond acceptors (Lipinski definition) is 6. The van der Waals surface area contributed by atoms with Gasteiger partial charge in [-0.15, -0.1) is 0 Å². The average Bonchev–Trinajstić information content (AvgIpc) is 3.30. The maximum Gasteiger partial charge on any atom is 0.236 e. The minimum Gasteiger partial charge on any atom is -0.372 e. The van der Waals surface area contributed by atoms with Crippen LogP contribution in [-0.4, -0.2) is 70.1 Å². The zero-order valence-electron chi connectivity index (χ0n) is 14.5. The van der Waals surface area contributed by atoms with Crippen molar-refractivity contribution in [3.63, 3.8) is 0 Å². The molecule has 8 nitrogen and oxygen atoms in total. The van der Waals surface area contributed by atoms with Crippen molar-refractivity contribution in [1.29, 1.82) is 0 Å². The number of hydrogen-bond donors (Lipinski definition) is 0. The van der Waals surface area contributed by atoms with Gasteiger partial charge < -0.3 is 19.1 Å². The van der Waals surface area contributed by atoms with Crippen molar-refractivity contribution in [3.8, 4) is 0 Å². The first kappa shape index (κ1) is 16.5. The first-order valence-electron chi connectivity index (χ1n) is 9.08. The highest BCUT2D eigenvalue weighted by Gasteiger charge is 2.44. The summed E-state index contributed by atoms with van der Waals surface area (Å²) >= 11 is 0. The Labute approximate surface area is 146 Å². The van der Waals surface area contributed by atoms with Crippen LogP contribution in [-0.2, 0) is 20.7 Å². The van der Waals surface area contributed by atoms with Gasteiger partial charge in [-0.25, -0.2) is 0 Å². The Morgan fingerprint density at radius 3 is 2.64 bits per heavy atom. The lowest BCUT2D eigenvalue weighted by Crippen LogP contribution is -2.34. The summed E-state index contributed by atoms with van der Waals surface area (Å²) in [6.45, 7) is 4.77. The highest BCUT2D eigenvalue weighted by Crippen LogP contribution is 2.34. The standard InChI is InChI=1S/C17H24N4O4/c1-11-18-15(25-19-11)8-17(23)21-9-12-6-13(24-14(12)10-21)7-16(22)20-4-2-3-5-20/h12-14H,2-10H2,1H3/t12-,13-,14+/m0/s1. The second-order valence-electron chi connectivity index (χ2n) is 7.30. The number of rotatable bonds is 4. The Hall–Kier alpha value is -1.96. The molecule has 136 valence electrons. The van der Waals surface area contributed by atoms with Gasteiger partial charge in [0.15, 0.2) is 5.82 Å². The molecule has 1 aromatic heterocycles. The molecular formula is C17H24N4O4. The maximum absolute atomic E-state index is 12.4. The van der Waals surface area contributed by atoms with E-state index in [0.717, 1.165) is 32.4 Å². The van der Waals surface area contributed by atoms with E-state index >= 15 is 0 Å². The van der Waals surface area contributed by atoms with Crippen molar-refractivity contribution in [3.05, 3.63) is 11.7 Å². The Kier molecular flexibility index (Phi) is 4.45. The van der Waals surface area contributed by atoms with Crippen LogP contribution in [0.4, 0.5) is 0 Å². The van der Waals surface area contributed by atoms with E-state index in [9.17, 15) is 9.59 Å². The quantitative estimate of drug-likeness (QED) is 0.789. The molecule has 1 aromatic rings. The number of aromatic nitrogens is 2. The zero-order chi connectivity index (χ0) is 17.4. The normalized spacial score (nSPS) is 28.6. The molecule has 0 aromatic carbocycles. The third-order valence-electron chi connectivity index (χ3n) is 5.40. The van der Waals surface area contributed by atoms with Crippen molar-refractivity contribution in [1.82, 2.24) is 19.9 Å². The zero-order valence-corrected chi connectivity index (χ0v) is 14.5. The molecule has 3 saturated heterocycles. The van der Waals surface area contributed by atoms with Gasteiger partial charge in [0.25, 0.3) is 0 Å². The van der Waals surface area contributed by atoms with Crippen molar-refractivity contribution in [2.24, 2.45) is 5.92 Å². The number of nitrogens with zero attached hydrogens (tertiary/aromatic N) is 4. The summed E-state index contributed by atoms with van der Waals surface area (Å²) in [7, 11) is 0. The fourth-order valence-corrected chi connectivity index (χ4v) is 4.14. The minimum absolute atomic E-state index is 0.000980. The van der Waals surface area contributed by atoms with Crippen LogP contribution in [0.25, 0.3) is 0 Å². The molecule has 3 aliphatic heterocycles. The van der Waals surface area contributed by atoms with Gasteiger partial charge in [-0.05, 0) is 26.2 Å². The van der Waals surface area contributed by atoms with Gasteiger partial charge in [-0.1, -0.05) is 5.16 Å². The fraction of sp³-hybridized carbons (Fsp3) is 0.765. The summed E-state index contributed by atoms with van der Waals surface area (Å²) in [6, 6.07) is 0. The van der Waals surface area contributed by atoms with E-state index in [2.05, 4.69) is 10.1 Å². The van der Waals surface area contributed by atoms with Gasteiger partial charge in [0.1, 0.15) is 6.42 Å². The van der Waals surface area contributed by atoms with Gasteiger partial charge in [-0.2, -0.15) is 4.98 Å². The van der Waals surface area contributed by atoms with Crippen LogP contribution in [0.3, 0.4) is 0 Å². The predicted molar refractivity (Wildman–Crippen MR) is 86.5 cm³/mol. The lowest BCUT2D eigenvalue weighted by molar-refractivity contribution is -0.134. The monoisotopic (exact) mass is 348 g/mol. The molecule has 3 fully saturated rings. The van der Waals surface area contributed by atoms with E-state index in [1.165, 1.54) is 0 Å². The van der Waals surface area contributed by atoms with Gasteiger partial charge in [0, 0.05) is 32.1 Å². The number of fused-ring (bicyclic) bond motifs is 1. The smallest absolute Gasteiger partial charge is 0.236 e. The molecule has 25 heavy (non-hydrogen) atoms. The fourth-order valence-electron chi connectivity index (χ4n) is 4.14. The van der Waals surface area contributed by atoms with E-state index in [1.54, 1.807) is 6.92 Å². The van der Waals surface area contributed by atoms with Gasteiger partial charge in [0.2, 0.25) is 17.7 Å². The second-order valence-corrected chi connectivity index (χ2v) is 7.30. The van der Waals surface area contributed by atoms with E-state index in [4.69, 9.17) is 9.26 Å². The lowest BCUT2D eigenvalue weighted by atomic mass is 10.0. The molecule has 2 amide bonds. The minimum atomic E-state index is -0.00802. The molecule has 0 saturated carbocycles. The molecule has 4 heterocycles. The Morgan fingerprint density at radius 2 is 1.96 bits per heavy atom. The van der Waals surface area contributed by atoms with Crippen molar-refractivity contribution in [2.45, 2.75) is 51.2 Å². The number of carbonyl (C=O) groups excluding carboxylic acids is 2. The Balaban J connectivity index is 1.25. The molecule has 0 aliphatic carbocycles. The van der Waals surface area contributed by atoms with Crippen LogP contribution in [0.5, 0.6) is 0 Å². The van der Waals surface area contributed by atoms with Crippen molar-refractivity contribution in [2.75, 3.05) is 26.2 Å². The molecule has 0 spiro atoms. The van der Waals surface area contributed by atoms with Crippen LogP contribution in [0.15, 0.2) is 4.52 Å². The molecule has 0 bridgehead atoms. The third kappa shape index (κ3) is 3.53.